The van der Waals surface area contributed by atoms with E-state index in [0.717, 1.165) is 6.42 Å². The fraction of sp³-hybridized carbons (Fsp3) is 0.333. The highest BCUT2D eigenvalue weighted by Crippen LogP contribution is 2.35. The zero-order valence-corrected chi connectivity index (χ0v) is 11.4. The lowest BCUT2D eigenvalue weighted by Gasteiger charge is -2.22. The Balaban J connectivity index is 2.64. The molecule has 0 saturated carbocycles. The maximum Gasteiger partial charge on any atom is -0.0147 e. The summed E-state index contributed by atoms with van der Waals surface area (Å²) in [4.78, 5) is 0. The van der Waals surface area contributed by atoms with Crippen LogP contribution in [0.5, 0.6) is 0 Å². The van der Waals surface area contributed by atoms with Gasteiger partial charge in [-0.05, 0) is 54.4 Å². The van der Waals surface area contributed by atoms with Crippen molar-refractivity contribution in [1.29, 1.82) is 0 Å². The van der Waals surface area contributed by atoms with Crippen LogP contribution in [0.25, 0.3) is 5.57 Å². The van der Waals surface area contributed by atoms with Crippen molar-refractivity contribution in [3.63, 3.8) is 0 Å². The number of rotatable bonds is 2. The summed E-state index contributed by atoms with van der Waals surface area (Å²) in [6.07, 6.45) is 10.1. The summed E-state index contributed by atoms with van der Waals surface area (Å²) in [5, 5.41) is 0. The first kappa shape index (κ1) is 12.9. The van der Waals surface area contributed by atoms with Gasteiger partial charge in [0, 0.05) is 0 Å². The SMILES string of the molecule is C=C/C1=C(\C=C/C)CCCC(C)c2ccccc21. The van der Waals surface area contributed by atoms with Gasteiger partial charge in [0.25, 0.3) is 0 Å². The van der Waals surface area contributed by atoms with Crippen LogP contribution in [-0.2, 0) is 0 Å². The summed E-state index contributed by atoms with van der Waals surface area (Å²) >= 11 is 0. The van der Waals surface area contributed by atoms with Crippen molar-refractivity contribution in [3.05, 3.63) is 65.8 Å². The molecule has 0 saturated heterocycles. The Morgan fingerprint density at radius 1 is 1.28 bits per heavy atom. The second-order valence-corrected chi connectivity index (χ2v) is 5.02. The molecule has 0 aromatic heterocycles. The van der Waals surface area contributed by atoms with Gasteiger partial charge in [-0.15, -0.1) is 0 Å². The van der Waals surface area contributed by atoms with E-state index in [-0.39, 0.29) is 0 Å². The van der Waals surface area contributed by atoms with E-state index in [0.29, 0.717) is 5.92 Å². The molecule has 2 rings (SSSR count). The zero-order chi connectivity index (χ0) is 13.0. The Bertz CT molecular complexity index is 489. The van der Waals surface area contributed by atoms with Crippen molar-refractivity contribution in [2.75, 3.05) is 0 Å². The monoisotopic (exact) mass is 238 g/mol. The summed E-state index contributed by atoms with van der Waals surface area (Å²) in [5.41, 5.74) is 5.57. The smallest absolute Gasteiger partial charge is 0.0147 e. The number of benzene rings is 1. The first-order valence-corrected chi connectivity index (χ1v) is 6.85. The highest BCUT2D eigenvalue weighted by atomic mass is 14.2. The lowest BCUT2D eigenvalue weighted by Crippen LogP contribution is -2.03. The highest BCUT2D eigenvalue weighted by molar-refractivity contribution is 5.80. The first-order valence-electron chi connectivity index (χ1n) is 6.85. The molecule has 0 N–H and O–H groups in total. The third-order valence-electron chi connectivity index (χ3n) is 3.78. The largest absolute Gasteiger partial charge is 0.0984 e. The van der Waals surface area contributed by atoms with Crippen molar-refractivity contribution in [3.8, 4) is 0 Å². The molecule has 1 aromatic carbocycles. The maximum atomic E-state index is 4.02. The molecule has 0 bridgehead atoms. The second kappa shape index (κ2) is 5.86. The predicted molar refractivity (Wildman–Crippen MR) is 80.6 cm³/mol. The van der Waals surface area contributed by atoms with E-state index < -0.39 is 0 Å². The van der Waals surface area contributed by atoms with Crippen molar-refractivity contribution >= 4 is 5.57 Å². The van der Waals surface area contributed by atoms with Crippen LogP contribution in [-0.4, -0.2) is 0 Å². The van der Waals surface area contributed by atoms with E-state index in [1.165, 1.54) is 35.1 Å². The summed E-state index contributed by atoms with van der Waals surface area (Å²) in [6.45, 7) is 8.44. The molecule has 94 valence electrons. The van der Waals surface area contributed by atoms with Gasteiger partial charge in [0.2, 0.25) is 0 Å². The lowest BCUT2D eigenvalue weighted by molar-refractivity contribution is 0.629. The molecular weight excluding hydrogens is 216 g/mol. The van der Waals surface area contributed by atoms with Crippen LogP contribution in [0.3, 0.4) is 0 Å². The Morgan fingerprint density at radius 2 is 2.06 bits per heavy atom. The van der Waals surface area contributed by atoms with Gasteiger partial charge in [-0.25, -0.2) is 0 Å². The van der Waals surface area contributed by atoms with Crippen LogP contribution in [0.4, 0.5) is 0 Å². The maximum absolute atomic E-state index is 4.02. The Morgan fingerprint density at radius 3 is 2.78 bits per heavy atom. The molecule has 0 spiro atoms. The average molecular weight is 238 g/mol. The molecule has 18 heavy (non-hydrogen) atoms. The van der Waals surface area contributed by atoms with Gasteiger partial charge in [0.05, 0.1) is 0 Å². The third kappa shape index (κ3) is 2.48. The van der Waals surface area contributed by atoms with E-state index in [1.807, 2.05) is 6.08 Å². The zero-order valence-electron chi connectivity index (χ0n) is 11.4. The van der Waals surface area contributed by atoms with Crippen LogP contribution >= 0.6 is 0 Å². The number of allylic oxidation sites excluding steroid dienone is 5. The van der Waals surface area contributed by atoms with Crippen molar-refractivity contribution in [2.24, 2.45) is 0 Å². The normalized spacial score (nSPS) is 24.4. The minimum absolute atomic E-state index is 0.642. The summed E-state index contributed by atoms with van der Waals surface area (Å²) in [7, 11) is 0. The molecule has 1 aliphatic carbocycles. The van der Waals surface area contributed by atoms with Crippen LogP contribution in [0, 0.1) is 0 Å². The average Bonchev–Trinajstić information content (AvgIpc) is 2.38. The molecule has 0 radical (unpaired) electrons. The van der Waals surface area contributed by atoms with Crippen LogP contribution in [0.2, 0.25) is 0 Å². The Labute approximate surface area is 111 Å². The van der Waals surface area contributed by atoms with E-state index >= 15 is 0 Å². The molecule has 0 heterocycles. The molecular formula is C18H22. The van der Waals surface area contributed by atoms with Crippen LogP contribution in [0.1, 0.15) is 50.2 Å². The summed E-state index contributed by atoms with van der Waals surface area (Å²) < 4.78 is 0. The van der Waals surface area contributed by atoms with Gasteiger partial charge in [-0.1, -0.05) is 56.0 Å². The van der Waals surface area contributed by atoms with Crippen molar-refractivity contribution in [1.82, 2.24) is 0 Å². The molecule has 0 nitrogen and oxygen atoms in total. The summed E-state index contributed by atoms with van der Waals surface area (Å²) in [6, 6.07) is 8.77. The Kier molecular flexibility index (Phi) is 4.19. The standard InChI is InChI=1S/C18H22/c1-4-9-15-11-8-10-14(3)17-12-6-7-13-18(17)16(15)5-2/h4-7,9,12-14H,2,8,10-11H2,1,3H3/b9-4-,16-15-. The number of hydrogen-bond acceptors (Lipinski definition) is 0. The molecule has 1 aliphatic rings. The number of hydrogen-bond donors (Lipinski definition) is 0. The molecule has 0 fully saturated rings. The van der Waals surface area contributed by atoms with Crippen molar-refractivity contribution < 1.29 is 0 Å². The first-order chi connectivity index (χ1) is 8.77. The van der Waals surface area contributed by atoms with Gasteiger partial charge >= 0.3 is 0 Å². The molecule has 1 atom stereocenters. The molecule has 0 aliphatic heterocycles. The fourth-order valence-electron chi connectivity index (χ4n) is 2.85. The van der Waals surface area contributed by atoms with E-state index in [1.54, 1.807) is 0 Å². The van der Waals surface area contributed by atoms with Gasteiger partial charge in [-0.3, -0.25) is 0 Å². The van der Waals surface area contributed by atoms with E-state index in [9.17, 15) is 0 Å². The second-order valence-electron chi connectivity index (χ2n) is 5.02. The van der Waals surface area contributed by atoms with E-state index in [2.05, 4.69) is 56.8 Å². The Hall–Kier alpha value is -1.56. The quantitative estimate of drug-likeness (QED) is 0.639. The van der Waals surface area contributed by atoms with Gasteiger partial charge < -0.3 is 0 Å². The molecule has 1 aromatic rings. The van der Waals surface area contributed by atoms with Crippen LogP contribution in [0.15, 0.2) is 54.6 Å². The minimum atomic E-state index is 0.642. The molecule has 0 heteroatoms. The van der Waals surface area contributed by atoms with Gasteiger partial charge in [0.1, 0.15) is 0 Å². The van der Waals surface area contributed by atoms with Crippen molar-refractivity contribution in [2.45, 2.75) is 39.0 Å². The summed E-state index contributed by atoms with van der Waals surface area (Å²) in [5.74, 6) is 0.642. The third-order valence-corrected chi connectivity index (χ3v) is 3.78. The fourth-order valence-corrected chi connectivity index (χ4v) is 2.85. The van der Waals surface area contributed by atoms with Gasteiger partial charge in [0.15, 0.2) is 0 Å². The number of fused-ring (bicyclic) bond motifs is 1. The topological polar surface area (TPSA) is 0 Å². The minimum Gasteiger partial charge on any atom is -0.0984 e. The highest BCUT2D eigenvalue weighted by Gasteiger charge is 2.16. The van der Waals surface area contributed by atoms with Crippen LogP contribution < -0.4 is 0 Å². The lowest BCUT2D eigenvalue weighted by atomic mass is 9.83. The van der Waals surface area contributed by atoms with E-state index in [4.69, 9.17) is 0 Å². The molecule has 0 amide bonds. The molecule has 1 unspecified atom stereocenters. The predicted octanol–water partition coefficient (Wildman–Crippen LogP) is 5.49. The van der Waals surface area contributed by atoms with Gasteiger partial charge in [-0.2, -0.15) is 0 Å².